The van der Waals surface area contributed by atoms with Gasteiger partial charge in [0.1, 0.15) is 0 Å². The molecular formula is C19H14N2O2S. The molecule has 3 aromatic rings. The van der Waals surface area contributed by atoms with Crippen LogP contribution >= 0.6 is 11.8 Å². The molecule has 4 nitrogen and oxygen atoms in total. The van der Waals surface area contributed by atoms with Gasteiger partial charge in [-0.05, 0) is 23.1 Å². The fraction of sp³-hybridized carbons (Fsp3) is 0.105. The predicted octanol–water partition coefficient (Wildman–Crippen LogP) is 4.34. The van der Waals surface area contributed by atoms with E-state index in [9.17, 15) is 10.1 Å². The van der Waals surface area contributed by atoms with Crippen LogP contribution in [0.3, 0.4) is 0 Å². The van der Waals surface area contributed by atoms with Crippen molar-refractivity contribution in [1.82, 2.24) is 4.98 Å². The first-order valence-corrected chi connectivity index (χ1v) is 8.40. The zero-order chi connectivity index (χ0) is 16.9. The molecule has 0 spiro atoms. The van der Waals surface area contributed by atoms with Crippen LogP contribution in [0.4, 0.5) is 0 Å². The van der Waals surface area contributed by atoms with E-state index in [1.165, 1.54) is 11.8 Å². The third-order valence-electron chi connectivity index (χ3n) is 3.69. The molecule has 5 heteroatoms. The van der Waals surface area contributed by atoms with Crippen LogP contribution in [0.5, 0.6) is 0 Å². The number of carboxylic acid groups (broad SMARTS) is 1. The second kappa shape index (κ2) is 7.16. The maximum Gasteiger partial charge on any atom is 0.304 e. The Bertz CT molecular complexity index is 947. The standard InChI is InChI=1S/C19H14N2O2S/c20-11-13-5-6-16(15-4-2-1-3-14(13)15)17-12-21-9-7-18(17)24-10-8-19(22)23/h1-7,9,12H,8,10H2,(H,22,23). The Hall–Kier alpha value is -2.84. The van der Waals surface area contributed by atoms with Crippen molar-refractivity contribution >= 4 is 28.5 Å². The van der Waals surface area contributed by atoms with Crippen LogP contribution in [0, 0.1) is 11.3 Å². The van der Waals surface area contributed by atoms with Crippen molar-refractivity contribution in [2.45, 2.75) is 11.3 Å². The van der Waals surface area contributed by atoms with Crippen molar-refractivity contribution in [2.75, 3.05) is 5.75 Å². The molecule has 3 rings (SSSR count). The Morgan fingerprint density at radius 1 is 1.12 bits per heavy atom. The summed E-state index contributed by atoms with van der Waals surface area (Å²) in [7, 11) is 0. The zero-order valence-corrected chi connectivity index (χ0v) is 13.6. The molecule has 0 unspecified atom stereocenters. The first kappa shape index (κ1) is 16.0. The number of benzene rings is 2. The Labute approximate surface area is 143 Å². The van der Waals surface area contributed by atoms with E-state index < -0.39 is 5.97 Å². The number of carbonyl (C=O) groups is 1. The monoisotopic (exact) mass is 334 g/mol. The Morgan fingerprint density at radius 3 is 2.67 bits per heavy atom. The number of carboxylic acids is 1. The van der Waals surface area contributed by atoms with E-state index in [-0.39, 0.29) is 6.42 Å². The van der Waals surface area contributed by atoms with Crippen molar-refractivity contribution in [2.24, 2.45) is 0 Å². The predicted molar refractivity (Wildman–Crippen MR) is 94.9 cm³/mol. The fourth-order valence-corrected chi connectivity index (χ4v) is 3.56. The molecule has 1 heterocycles. The largest absolute Gasteiger partial charge is 0.481 e. The smallest absolute Gasteiger partial charge is 0.304 e. The summed E-state index contributed by atoms with van der Waals surface area (Å²) in [4.78, 5) is 15.9. The summed E-state index contributed by atoms with van der Waals surface area (Å²) in [6, 6.07) is 15.7. The minimum Gasteiger partial charge on any atom is -0.481 e. The minimum atomic E-state index is -0.804. The third kappa shape index (κ3) is 3.24. The van der Waals surface area contributed by atoms with E-state index in [4.69, 9.17) is 5.11 Å². The van der Waals surface area contributed by atoms with Crippen LogP contribution in [0.25, 0.3) is 21.9 Å². The lowest BCUT2D eigenvalue weighted by atomic mass is 9.96. The molecule has 0 amide bonds. The molecule has 0 aliphatic carbocycles. The fourth-order valence-electron chi connectivity index (χ4n) is 2.59. The number of thioether (sulfide) groups is 1. The van der Waals surface area contributed by atoms with Crippen LogP contribution in [-0.2, 0) is 4.79 Å². The van der Waals surface area contributed by atoms with Crippen molar-refractivity contribution in [3.05, 3.63) is 60.4 Å². The van der Waals surface area contributed by atoms with E-state index in [0.29, 0.717) is 11.3 Å². The highest BCUT2D eigenvalue weighted by Gasteiger charge is 2.12. The summed E-state index contributed by atoms with van der Waals surface area (Å²) in [6.07, 6.45) is 3.61. The molecule has 0 saturated heterocycles. The molecule has 118 valence electrons. The van der Waals surface area contributed by atoms with Gasteiger partial charge in [-0.25, -0.2) is 0 Å². The molecule has 1 aromatic heterocycles. The number of pyridine rings is 1. The number of aliphatic carboxylic acids is 1. The first-order valence-electron chi connectivity index (χ1n) is 7.41. The summed E-state index contributed by atoms with van der Waals surface area (Å²) >= 11 is 1.50. The van der Waals surface area contributed by atoms with Gasteiger partial charge in [-0.3, -0.25) is 9.78 Å². The quantitative estimate of drug-likeness (QED) is 0.703. The van der Waals surface area contributed by atoms with Gasteiger partial charge >= 0.3 is 5.97 Å². The number of nitriles is 1. The molecule has 0 radical (unpaired) electrons. The summed E-state index contributed by atoms with van der Waals surface area (Å²) in [5.41, 5.74) is 2.59. The highest BCUT2D eigenvalue weighted by Crippen LogP contribution is 2.36. The van der Waals surface area contributed by atoms with E-state index in [1.807, 2.05) is 42.5 Å². The van der Waals surface area contributed by atoms with Crippen LogP contribution in [0.15, 0.2) is 59.8 Å². The topological polar surface area (TPSA) is 74.0 Å². The average Bonchev–Trinajstić information content (AvgIpc) is 2.61. The van der Waals surface area contributed by atoms with Crippen LogP contribution < -0.4 is 0 Å². The van der Waals surface area contributed by atoms with E-state index >= 15 is 0 Å². The number of nitrogens with zero attached hydrogens (tertiary/aromatic N) is 2. The van der Waals surface area contributed by atoms with Gasteiger partial charge in [-0.2, -0.15) is 5.26 Å². The minimum absolute atomic E-state index is 0.112. The van der Waals surface area contributed by atoms with Crippen LogP contribution in [-0.4, -0.2) is 21.8 Å². The SMILES string of the molecule is N#Cc1ccc(-c2cnccc2SCCC(=O)O)c2ccccc12. The molecule has 2 aromatic carbocycles. The lowest BCUT2D eigenvalue weighted by Crippen LogP contribution is -1.96. The molecule has 24 heavy (non-hydrogen) atoms. The number of fused-ring (bicyclic) bond motifs is 1. The van der Waals surface area contributed by atoms with E-state index in [1.54, 1.807) is 12.4 Å². The van der Waals surface area contributed by atoms with Crippen molar-refractivity contribution in [3.63, 3.8) is 0 Å². The highest BCUT2D eigenvalue weighted by atomic mass is 32.2. The van der Waals surface area contributed by atoms with E-state index in [0.717, 1.165) is 26.8 Å². The van der Waals surface area contributed by atoms with Gasteiger partial charge in [0.25, 0.3) is 0 Å². The number of rotatable bonds is 5. The molecule has 0 bridgehead atoms. The van der Waals surface area contributed by atoms with Gasteiger partial charge in [0.2, 0.25) is 0 Å². The van der Waals surface area contributed by atoms with Crippen molar-refractivity contribution < 1.29 is 9.90 Å². The summed E-state index contributed by atoms with van der Waals surface area (Å²) in [5, 5.41) is 20.0. The van der Waals surface area contributed by atoms with Gasteiger partial charge in [-0.15, -0.1) is 11.8 Å². The normalized spacial score (nSPS) is 10.5. The summed E-state index contributed by atoms with van der Waals surface area (Å²) in [6.45, 7) is 0. The second-order valence-corrected chi connectivity index (χ2v) is 6.32. The van der Waals surface area contributed by atoms with Gasteiger partial charge in [0.15, 0.2) is 0 Å². The lowest BCUT2D eigenvalue weighted by molar-refractivity contribution is -0.136. The van der Waals surface area contributed by atoms with E-state index in [2.05, 4.69) is 11.1 Å². The lowest BCUT2D eigenvalue weighted by Gasteiger charge is -2.12. The third-order valence-corrected chi connectivity index (χ3v) is 4.76. The maximum absolute atomic E-state index is 10.7. The number of hydrogen-bond donors (Lipinski definition) is 1. The molecule has 1 N–H and O–H groups in total. The van der Waals surface area contributed by atoms with Gasteiger partial charge in [0, 0.05) is 34.0 Å². The summed E-state index contributed by atoms with van der Waals surface area (Å²) < 4.78 is 0. The molecule has 0 atom stereocenters. The molecule has 0 aliphatic heterocycles. The first-order chi connectivity index (χ1) is 11.7. The summed E-state index contributed by atoms with van der Waals surface area (Å²) in [5.74, 6) is -0.303. The van der Waals surface area contributed by atoms with Crippen molar-refractivity contribution in [1.29, 1.82) is 5.26 Å². The number of hydrogen-bond acceptors (Lipinski definition) is 4. The second-order valence-electron chi connectivity index (χ2n) is 5.18. The molecular weight excluding hydrogens is 320 g/mol. The Morgan fingerprint density at radius 2 is 1.92 bits per heavy atom. The average molecular weight is 334 g/mol. The van der Waals surface area contributed by atoms with Crippen molar-refractivity contribution in [3.8, 4) is 17.2 Å². The molecule has 0 saturated carbocycles. The van der Waals surface area contributed by atoms with Gasteiger partial charge in [0.05, 0.1) is 18.1 Å². The van der Waals surface area contributed by atoms with Crippen LogP contribution in [0.1, 0.15) is 12.0 Å². The Balaban J connectivity index is 2.09. The maximum atomic E-state index is 10.7. The van der Waals surface area contributed by atoms with Crippen LogP contribution in [0.2, 0.25) is 0 Å². The molecule has 0 aliphatic rings. The molecule has 0 fully saturated rings. The highest BCUT2D eigenvalue weighted by molar-refractivity contribution is 7.99. The van der Waals surface area contributed by atoms with Gasteiger partial charge in [-0.1, -0.05) is 30.3 Å². The number of aromatic nitrogens is 1. The van der Waals surface area contributed by atoms with Gasteiger partial charge < -0.3 is 5.11 Å². The Kier molecular flexibility index (Phi) is 4.78. The zero-order valence-electron chi connectivity index (χ0n) is 12.8.